The Hall–Kier alpha value is -1.48. The molecule has 0 saturated heterocycles. The number of aldehydes is 1. The van der Waals surface area contributed by atoms with Gasteiger partial charge in [-0.1, -0.05) is 18.2 Å². The van der Waals surface area contributed by atoms with Gasteiger partial charge in [-0.15, -0.1) is 0 Å². The fraction of sp³-hybridized carbons (Fsp3) is 0.100. The Morgan fingerprint density at radius 2 is 2.15 bits per heavy atom. The predicted molar refractivity (Wildman–Crippen MR) is 49.9 cm³/mol. The maximum atomic E-state index is 12.6. The summed E-state index contributed by atoms with van der Waals surface area (Å²) in [5.74, 6) is -0.410. The maximum absolute atomic E-state index is 12.6. The number of hydrogen-bond acceptors (Lipinski definition) is 2. The number of rotatable bonds is 3. The van der Waals surface area contributed by atoms with Crippen LogP contribution in [0.3, 0.4) is 0 Å². The van der Waals surface area contributed by atoms with Gasteiger partial charge >= 0.3 is 0 Å². The third kappa shape index (κ3) is 2.49. The van der Waals surface area contributed by atoms with Crippen LogP contribution in [0.5, 0.6) is 0 Å². The third-order valence-corrected chi connectivity index (χ3v) is 1.61. The van der Waals surface area contributed by atoms with Crippen LogP contribution in [0.1, 0.15) is 15.9 Å². The lowest BCUT2D eigenvalue weighted by molar-refractivity contribution is 0.112. The Bertz CT molecular complexity index is 334. The largest absolute Gasteiger partial charge is 0.327 e. The molecule has 0 saturated carbocycles. The number of halogens is 1. The van der Waals surface area contributed by atoms with Gasteiger partial charge in [0.15, 0.2) is 6.29 Å². The average molecular weight is 179 g/mol. The zero-order chi connectivity index (χ0) is 9.68. The standard InChI is InChI=1S/C10H10FNO/c11-10-4-3-8(2-1-5-12)9(6-10)7-13/h1-4,6-7H,5,12H2. The number of nitrogens with two attached hydrogens (primary N) is 1. The number of carbonyl (C=O) groups is 1. The van der Waals surface area contributed by atoms with Crippen LogP contribution in [0.2, 0.25) is 0 Å². The van der Waals surface area contributed by atoms with E-state index in [9.17, 15) is 9.18 Å². The Morgan fingerprint density at radius 1 is 1.38 bits per heavy atom. The summed E-state index contributed by atoms with van der Waals surface area (Å²) in [7, 11) is 0. The molecule has 0 atom stereocenters. The summed E-state index contributed by atoms with van der Waals surface area (Å²) in [6.45, 7) is 0.398. The van der Waals surface area contributed by atoms with Crippen molar-refractivity contribution in [1.82, 2.24) is 0 Å². The zero-order valence-electron chi connectivity index (χ0n) is 7.03. The highest BCUT2D eigenvalue weighted by Crippen LogP contribution is 2.10. The minimum atomic E-state index is -0.410. The lowest BCUT2D eigenvalue weighted by atomic mass is 10.1. The molecule has 0 radical (unpaired) electrons. The normalized spacial score (nSPS) is 10.6. The molecular weight excluding hydrogens is 169 g/mol. The molecule has 0 aliphatic carbocycles. The molecule has 68 valence electrons. The van der Waals surface area contributed by atoms with E-state index < -0.39 is 5.82 Å². The number of hydrogen-bond donors (Lipinski definition) is 1. The van der Waals surface area contributed by atoms with E-state index in [1.54, 1.807) is 18.2 Å². The molecule has 0 aromatic heterocycles. The Balaban J connectivity index is 3.06. The van der Waals surface area contributed by atoms with Crippen molar-refractivity contribution in [2.75, 3.05) is 6.54 Å². The van der Waals surface area contributed by atoms with Crippen molar-refractivity contribution in [3.63, 3.8) is 0 Å². The topological polar surface area (TPSA) is 43.1 Å². The first-order valence-corrected chi connectivity index (χ1v) is 3.89. The number of carbonyl (C=O) groups excluding carboxylic acids is 1. The quantitative estimate of drug-likeness (QED) is 0.716. The molecule has 13 heavy (non-hydrogen) atoms. The fourth-order valence-corrected chi connectivity index (χ4v) is 0.994. The van der Waals surface area contributed by atoms with Gasteiger partial charge in [0.05, 0.1) is 0 Å². The SMILES string of the molecule is NCC=Cc1ccc(F)cc1C=O. The molecule has 0 unspecified atom stereocenters. The van der Waals surface area contributed by atoms with Gasteiger partial charge in [0.2, 0.25) is 0 Å². The van der Waals surface area contributed by atoms with E-state index >= 15 is 0 Å². The molecule has 0 fully saturated rings. The highest BCUT2D eigenvalue weighted by Gasteiger charge is 1.99. The van der Waals surface area contributed by atoms with Crippen molar-refractivity contribution in [3.05, 3.63) is 41.2 Å². The van der Waals surface area contributed by atoms with Crippen LogP contribution < -0.4 is 5.73 Å². The van der Waals surface area contributed by atoms with Crippen LogP contribution in [-0.4, -0.2) is 12.8 Å². The van der Waals surface area contributed by atoms with E-state index in [1.165, 1.54) is 12.1 Å². The van der Waals surface area contributed by atoms with Crippen molar-refractivity contribution in [2.24, 2.45) is 5.73 Å². The monoisotopic (exact) mass is 179 g/mol. The molecular formula is C10H10FNO. The van der Waals surface area contributed by atoms with Gasteiger partial charge in [-0.2, -0.15) is 0 Å². The minimum absolute atomic E-state index is 0.338. The highest BCUT2D eigenvalue weighted by atomic mass is 19.1. The van der Waals surface area contributed by atoms with Gasteiger partial charge in [-0.05, 0) is 17.7 Å². The summed E-state index contributed by atoms with van der Waals surface area (Å²) in [6, 6.07) is 4.05. The van der Waals surface area contributed by atoms with Crippen molar-refractivity contribution >= 4 is 12.4 Å². The van der Waals surface area contributed by atoms with Crippen LogP contribution in [0.15, 0.2) is 24.3 Å². The van der Waals surface area contributed by atoms with Gasteiger partial charge in [0.25, 0.3) is 0 Å². The van der Waals surface area contributed by atoms with E-state index in [0.717, 1.165) is 0 Å². The minimum Gasteiger partial charge on any atom is -0.327 e. The second kappa shape index (κ2) is 4.52. The van der Waals surface area contributed by atoms with Crippen LogP contribution in [0.25, 0.3) is 6.08 Å². The molecule has 0 spiro atoms. The molecule has 0 amide bonds. The third-order valence-electron chi connectivity index (χ3n) is 1.61. The van der Waals surface area contributed by atoms with Crippen LogP contribution in [0, 0.1) is 5.82 Å². The Labute approximate surface area is 75.9 Å². The molecule has 1 aromatic rings. The van der Waals surface area contributed by atoms with Crippen molar-refractivity contribution < 1.29 is 9.18 Å². The van der Waals surface area contributed by atoms with Crippen molar-refractivity contribution in [2.45, 2.75) is 0 Å². The second-order valence-electron chi connectivity index (χ2n) is 2.53. The van der Waals surface area contributed by atoms with Crippen LogP contribution in [-0.2, 0) is 0 Å². The number of benzene rings is 1. The summed E-state index contributed by atoms with van der Waals surface area (Å²) in [5, 5.41) is 0. The molecule has 0 aliphatic rings. The van der Waals surface area contributed by atoms with Gasteiger partial charge in [0, 0.05) is 12.1 Å². The molecule has 1 rings (SSSR count). The smallest absolute Gasteiger partial charge is 0.150 e. The van der Waals surface area contributed by atoms with E-state index in [1.807, 2.05) is 0 Å². The molecule has 2 N–H and O–H groups in total. The predicted octanol–water partition coefficient (Wildman–Crippen LogP) is 1.61. The summed E-state index contributed by atoms with van der Waals surface area (Å²) < 4.78 is 12.6. The summed E-state index contributed by atoms with van der Waals surface area (Å²) in [6.07, 6.45) is 4.03. The molecule has 1 aromatic carbocycles. The fourth-order valence-electron chi connectivity index (χ4n) is 0.994. The highest BCUT2D eigenvalue weighted by molar-refractivity contribution is 5.81. The van der Waals surface area contributed by atoms with Crippen molar-refractivity contribution in [3.8, 4) is 0 Å². The van der Waals surface area contributed by atoms with Gasteiger partial charge in [-0.25, -0.2) is 4.39 Å². The lowest BCUT2D eigenvalue weighted by Gasteiger charge is -1.97. The van der Waals surface area contributed by atoms with Gasteiger partial charge in [-0.3, -0.25) is 4.79 Å². The van der Waals surface area contributed by atoms with E-state index in [0.29, 0.717) is 24.0 Å². The van der Waals surface area contributed by atoms with E-state index in [4.69, 9.17) is 5.73 Å². The first kappa shape index (κ1) is 9.61. The van der Waals surface area contributed by atoms with Crippen LogP contribution >= 0.6 is 0 Å². The summed E-state index contributed by atoms with van der Waals surface area (Å²) in [4.78, 5) is 10.5. The molecule has 0 aliphatic heterocycles. The maximum Gasteiger partial charge on any atom is 0.150 e. The van der Waals surface area contributed by atoms with Crippen LogP contribution in [0.4, 0.5) is 4.39 Å². The first-order valence-electron chi connectivity index (χ1n) is 3.89. The Morgan fingerprint density at radius 3 is 2.77 bits per heavy atom. The Kier molecular flexibility index (Phi) is 3.34. The second-order valence-corrected chi connectivity index (χ2v) is 2.53. The van der Waals surface area contributed by atoms with E-state index in [-0.39, 0.29) is 0 Å². The van der Waals surface area contributed by atoms with Gasteiger partial charge in [0.1, 0.15) is 5.82 Å². The molecule has 0 heterocycles. The van der Waals surface area contributed by atoms with Gasteiger partial charge < -0.3 is 5.73 Å². The summed E-state index contributed by atoms with van der Waals surface area (Å²) >= 11 is 0. The molecule has 2 nitrogen and oxygen atoms in total. The first-order chi connectivity index (χ1) is 6.27. The van der Waals surface area contributed by atoms with Crippen molar-refractivity contribution in [1.29, 1.82) is 0 Å². The lowest BCUT2D eigenvalue weighted by Crippen LogP contribution is -1.93. The zero-order valence-corrected chi connectivity index (χ0v) is 7.03. The molecule has 3 heteroatoms. The summed E-state index contributed by atoms with van der Waals surface area (Å²) in [5.41, 5.74) is 6.27. The molecule has 0 bridgehead atoms. The average Bonchev–Trinajstić information content (AvgIpc) is 2.16. The van der Waals surface area contributed by atoms with E-state index in [2.05, 4.69) is 0 Å².